The van der Waals surface area contributed by atoms with Crippen LogP contribution in [0, 0.1) is 13.8 Å². The van der Waals surface area contributed by atoms with Crippen molar-refractivity contribution in [3.05, 3.63) is 71.2 Å². The van der Waals surface area contributed by atoms with E-state index >= 15 is 0 Å². The van der Waals surface area contributed by atoms with Crippen LogP contribution in [-0.2, 0) is 11.3 Å². The summed E-state index contributed by atoms with van der Waals surface area (Å²) in [6, 6.07) is 5.33. The van der Waals surface area contributed by atoms with Gasteiger partial charge in [0.05, 0.1) is 5.39 Å². The molecule has 0 aliphatic heterocycles. The fourth-order valence-corrected chi connectivity index (χ4v) is 3.07. The predicted molar refractivity (Wildman–Crippen MR) is 101 cm³/mol. The number of aryl methyl sites for hydroxylation is 2. The van der Waals surface area contributed by atoms with E-state index in [1.165, 1.54) is 6.08 Å². The number of alkyl halides is 3. The summed E-state index contributed by atoms with van der Waals surface area (Å²) < 4.78 is 57.8. The molecule has 3 aromatic rings. The fraction of sp³-hybridized carbons (Fsp3) is 0.238. The number of rotatable bonds is 5. The van der Waals surface area contributed by atoms with Gasteiger partial charge >= 0.3 is 6.36 Å². The monoisotopic (exact) mass is 418 g/mol. The van der Waals surface area contributed by atoms with Crippen LogP contribution in [0.1, 0.15) is 29.3 Å². The standard InChI is InChI=1S/C21H17F3N2O4/c1-12-18(25-13(2)28-12)11-27-20-17-10-15(7-9-19(17)30-26-20)14-4-3-5-16(8-6-14)29-21(22,23)24/h3-4,6-10H,5,11H2,1-2H3. The van der Waals surface area contributed by atoms with Crippen LogP contribution in [0.25, 0.3) is 16.5 Å². The minimum Gasteiger partial charge on any atom is -0.468 e. The van der Waals surface area contributed by atoms with Crippen molar-refractivity contribution in [3.8, 4) is 5.88 Å². The Kier molecular flexibility index (Phi) is 5.11. The van der Waals surface area contributed by atoms with Gasteiger partial charge in [-0.3, -0.25) is 0 Å². The Morgan fingerprint density at radius 1 is 1.17 bits per heavy atom. The first-order valence-electron chi connectivity index (χ1n) is 9.07. The smallest absolute Gasteiger partial charge is 0.468 e. The van der Waals surface area contributed by atoms with Gasteiger partial charge in [0.1, 0.15) is 23.8 Å². The van der Waals surface area contributed by atoms with Gasteiger partial charge in [-0.05, 0) is 41.4 Å². The second-order valence-corrected chi connectivity index (χ2v) is 6.63. The van der Waals surface area contributed by atoms with Crippen LogP contribution in [0.5, 0.6) is 5.88 Å². The van der Waals surface area contributed by atoms with E-state index in [2.05, 4.69) is 14.9 Å². The molecule has 2 aromatic heterocycles. The lowest BCUT2D eigenvalue weighted by atomic mass is 10.0. The Labute approximate surface area is 169 Å². The minimum atomic E-state index is -4.72. The number of benzene rings is 1. The van der Waals surface area contributed by atoms with E-state index in [0.717, 1.165) is 5.56 Å². The fourth-order valence-electron chi connectivity index (χ4n) is 3.07. The molecule has 0 N–H and O–H groups in total. The summed E-state index contributed by atoms with van der Waals surface area (Å²) in [7, 11) is 0. The molecule has 1 aromatic carbocycles. The number of oxazole rings is 1. The summed E-state index contributed by atoms with van der Waals surface area (Å²) in [5.74, 6) is 1.33. The van der Waals surface area contributed by atoms with Gasteiger partial charge in [0, 0.05) is 13.3 Å². The lowest BCUT2D eigenvalue weighted by Gasteiger charge is -2.09. The summed E-state index contributed by atoms with van der Waals surface area (Å²) in [4.78, 5) is 4.26. The lowest BCUT2D eigenvalue weighted by molar-refractivity contribution is -0.305. The van der Waals surface area contributed by atoms with Gasteiger partial charge in [0.25, 0.3) is 5.88 Å². The van der Waals surface area contributed by atoms with Gasteiger partial charge in [0.15, 0.2) is 11.5 Å². The maximum atomic E-state index is 12.4. The molecule has 30 heavy (non-hydrogen) atoms. The SMILES string of the molecule is Cc1nc(COc2noc3ccc(C4=CC=C(OC(F)(F)F)CC=C4)cc23)c(C)o1. The highest BCUT2D eigenvalue weighted by molar-refractivity contribution is 5.88. The molecule has 0 spiro atoms. The van der Waals surface area contributed by atoms with E-state index in [9.17, 15) is 13.2 Å². The highest BCUT2D eigenvalue weighted by Crippen LogP contribution is 2.31. The van der Waals surface area contributed by atoms with Crippen molar-refractivity contribution in [2.45, 2.75) is 33.2 Å². The van der Waals surface area contributed by atoms with E-state index in [1.54, 1.807) is 44.2 Å². The number of hydrogen-bond donors (Lipinski definition) is 0. The van der Waals surface area contributed by atoms with E-state index in [-0.39, 0.29) is 18.8 Å². The van der Waals surface area contributed by atoms with Gasteiger partial charge in [-0.25, -0.2) is 4.98 Å². The molecule has 0 amide bonds. The Balaban J connectivity index is 1.58. The molecule has 0 fully saturated rings. The molecule has 0 saturated carbocycles. The molecule has 0 radical (unpaired) electrons. The molecule has 0 atom stereocenters. The topological polar surface area (TPSA) is 70.5 Å². The number of ether oxygens (including phenoxy) is 2. The average molecular weight is 418 g/mol. The van der Waals surface area contributed by atoms with Crippen molar-refractivity contribution in [1.29, 1.82) is 0 Å². The maximum Gasteiger partial charge on any atom is 0.572 e. The normalized spacial score (nSPS) is 14.4. The quantitative estimate of drug-likeness (QED) is 0.524. The van der Waals surface area contributed by atoms with Gasteiger partial charge in [-0.15, -0.1) is 13.2 Å². The molecule has 0 saturated heterocycles. The third kappa shape index (κ3) is 4.40. The summed E-state index contributed by atoms with van der Waals surface area (Å²) in [5.41, 5.74) is 2.67. The van der Waals surface area contributed by atoms with Gasteiger partial charge in [-0.2, -0.15) is 0 Å². The molecule has 6 nitrogen and oxygen atoms in total. The summed E-state index contributed by atoms with van der Waals surface area (Å²) >= 11 is 0. The molecule has 1 aliphatic rings. The largest absolute Gasteiger partial charge is 0.572 e. The van der Waals surface area contributed by atoms with Gasteiger partial charge in [0.2, 0.25) is 0 Å². The van der Waals surface area contributed by atoms with E-state index < -0.39 is 6.36 Å². The van der Waals surface area contributed by atoms with Crippen molar-refractivity contribution < 1.29 is 31.6 Å². The van der Waals surface area contributed by atoms with Gasteiger partial charge in [-0.1, -0.05) is 24.3 Å². The summed E-state index contributed by atoms with van der Waals surface area (Å²) in [6.07, 6.45) is 1.56. The van der Waals surface area contributed by atoms with Gasteiger partial charge < -0.3 is 18.4 Å². The second kappa shape index (κ2) is 7.74. The first kappa shape index (κ1) is 19.8. The summed E-state index contributed by atoms with van der Waals surface area (Å²) in [6.45, 7) is 3.72. The molecule has 4 rings (SSSR count). The van der Waals surface area contributed by atoms with E-state index in [0.29, 0.717) is 39.8 Å². The maximum absolute atomic E-state index is 12.4. The Bertz CT molecular complexity index is 1170. The number of nitrogens with zero attached hydrogens (tertiary/aromatic N) is 2. The molecular weight excluding hydrogens is 401 g/mol. The summed E-state index contributed by atoms with van der Waals surface area (Å²) in [5, 5.41) is 4.59. The predicted octanol–water partition coefficient (Wildman–Crippen LogP) is 5.78. The van der Waals surface area contributed by atoms with E-state index in [4.69, 9.17) is 13.7 Å². The zero-order valence-corrected chi connectivity index (χ0v) is 16.1. The van der Waals surface area contributed by atoms with Crippen molar-refractivity contribution in [1.82, 2.24) is 10.1 Å². The average Bonchev–Trinajstić information content (AvgIpc) is 3.13. The number of halogens is 3. The molecule has 2 heterocycles. The van der Waals surface area contributed by atoms with Crippen molar-refractivity contribution in [2.75, 3.05) is 0 Å². The van der Waals surface area contributed by atoms with Crippen LogP contribution in [0.4, 0.5) is 13.2 Å². The molecule has 1 aliphatic carbocycles. The molecule has 0 bridgehead atoms. The Hall–Kier alpha value is -3.49. The molecule has 0 unspecified atom stereocenters. The first-order valence-corrected chi connectivity index (χ1v) is 9.07. The van der Waals surface area contributed by atoms with Crippen LogP contribution in [0.15, 0.2) is 57.2 Å². The number of allylic oxidation sites excluding steroid dienone is 5. The highest BCUT2D eigenvalue weighted by atomic mass is 19.4. The zero-order chi connectivity index (χ0) is 21.3. The van der Waals surface area contributed by atoms with Crippen molar-refractivity contribution in [3.63, 3.8) is 0 Å². The van der Waals surface area contributed by atoms with E-state index in [1.807, 2.05) is 6.07 Å². The van der Waals surface area contributed by atoms with Crippen molar-refractivity contribution in [2.24, 2.45) is 0 Å². The minimum absolute atomic E-state index is 0.0415. The zero-order valence-electron chi connectivity index (χ0n) is 16.1. The van der Waals surface area contributed by atoms with Crippen LogP contribution in [0.3, 0.4) is 0 Å². The van der Waals surface area contributed by atoms with Crippen molar-refractivity contribution >= 4 is 16.5 Å². The third-order valence-corrected chi connectivity index (χ3v) is 4.43. The van der Waals surface area contributed by atoms with Crippen LogP contribution >= 0.6 is 0 Å². The van der Waals surface area contributed by atoms with Crippen LogP contribution in [-0.4, -0.2) is 16.5 Å². The van der Waals surface area contributed by atoms with Crippen LogP contribution in [0.2, 0.25) is 0 Å². The lowest BCUT2D eigenvalue weighted by Crippen LogP contribution is -2.12. The Morgan fingerprint density at radius 3 is 2.73 bits per heavy atom. The third-order valence-electron chi connectivity index (χ3n) is 4.43. The molecular formula is C21H17F3N2O4. The highest BCUT2D eigenvalue weighted by Gasteiger charge is 2.31. The number of aromatic nitrogens is 2. The number of fused-ring (bicyclic) bond motifs is 1. The second-order valence-electron chi connectivity index (χ2n) is 6.63. The molecule has 156 valence electrons. The Morgan fingerprint density at radius 2 is 2.00 bits per heavy atom. The molecule has 9 heteroatoms. The van der Waals surface area contributed by atoms with Crippen LogP contribution < -0.4 is 4.74 Å². The number of hydrogen-bond acceptors (Lipinski definition) is 6. The first-order chi connectivity index (χ1) is 14.3.